The van der Waals surface area contributed by atoms with Crippen molar-refractivity contribution in [2.45, 2.75) is 0 Å². The van der Waals surface area contributed by atoms with E-state index in [0.717, 1.165) is 39.2 Å². The zero-order valence-corrected chi connectivity index (χ0v) is 23.9. The van der Waals surface area contributed by atoms with Crippen molar-refractivity contribution in [2.75, 3.05) is 0 Å². The third-order valence-electron chi connectivity index (χ3n) is 8.74. The molecule has 0 fully saturated rings. The average Bonchev–Trinajstić information content (AvgIpc) is 3.61. The first kappa shape index (κ1) is 24.6. The van der Waals surface area contributed by atoms with Crippen molar-refractivity contribution >= 4 is 43.7 Å². The van der Waals surface area contributed by atoms with E-state index in [1.54, 1.807) is 0 Å². The lowest BCUT2D eigenvalue weighted by atomic mass is 10.1. The Morgan fingerprint density at radius 3 is 1.64 bits per heavy atom. The fraction of sp³-hybridized carbons (Fsp3) is 0. The Hall–Kier alpha value is -5.93. The number of pyridine rings is 1. The van der Waals surface area contributed by atoms with Crippen LogP contribution in [0.2, 0.25) is 0 Å². The summed E-state index contributed by atoms with van der Waals surface area (Å²) in [6.45, 7) is 0. The molecule has 9 rings (SSSR count). The second kappa shape index (κ2) is 9.82. The van der Waals surface area contributed by atoms with Gasteiger partial charge in [-0.15, -0.1) is 0 Å². The Morgan fingerprint density at radius 2 is 0.886 bits per heavy atom. The highest BCUT2D eigenvalue weighted by Crippen LogP contribution is 2.37. The summed E-state index contributed by atoms with van der Waals surface area (Å²) >= 11 is 0. The maximum atomic E-state index is 5.31. The number of aromatic nitrogens is 3. The molecule has 3 heteroatoms. The summed E-state index contributed by atoms with van der Waals surface area (Å²) in [5.74, 6) is 0. The molecule has 0 atom stereocenters. The zero-order chi connectivity index (χ0) is 29.0. The van der Waals surface area contributed by atoms with Gasteiger partial charge in [0.25, 0.3) is 0 Å². The quantitative estimate of drug-likeness (QED) is 0.210. The molecule has 0 aliphatic heterocycles. The van der Waals surface area contributed by atoms with E-state index < -0.39 is 0 Å². The molecule has 0 aliphatic rings. The molecule has 206 valence electrons. The van der Waals surface area contributed by atoms with Gasteiger partial charge in [0.2, 0.25) is 0 Å². The van der Waals surface area contributed by atoms with Crippen LogP contribution in [0, 0.1) is 0 Å². The molecule has 6 aromatic carbocycles. The minimum absolute atomic E-state index is 0.962. The summed E-state index contributed by atoms with van der Waals surface area (Å²) in [6, 6.07) is 58.3. The lowest BCUT2D eigenvalue weighted by molar-refractivity contribution is 1.14. The second-order valence-corrected chi connectivity index (χ2v) is 11.3. The van der Waals surface area contributed by atoms with Crippen LogP contribution in [-0.2, 0) is 0 Å². The molecule has 0 spiro atoms. The van der Waals surface area contributed by atoms with E-state index in [9.17, 15) is 0 Å². The molecule has 0 aliphatic carbocycles. The number of benzene rings is 6. The molecule has 3 aromatic heterocycles. The Morgan fingerprint density at radius 1 is 0.341 bits per heavy atom. The van der Waals surface area contributed by atoms with E-state index in [1.807, 2.05) is 0 Å². The molecule has 44 heavy (non-hydrogen) atoms. The molecule has 0 unspecified atom stereocenters. The summed E-state index contributed by atoms with van der Waals surface area (Å²) in [6.07, 6.45) is 0. The van der Waals surface area contributed by atoms with Gasteiger partial charge >= 0.3 is 0 Å². The van der Waals surface area contributed by atoms with E-state index in [1.165, 1.54) is 38.3 Å². The summed E-state index contributed by atoms with van der Waals surface area (Å²) in [7, 11) is 0. The first-order chi connectivity index (χ1) is 21.8. The fourth-order valence-corrected chi connectivity index (χ4v) is 6.68. The van der Waals surface area contributed by atoms with Gasteiger partial charge in [-0.1, -0.05) is 103 Å². The summed E-state index contributed by atoms with van der Waals surface area (Å²) in [5.41, 5.74) is 11.3. The highest BCUT2D eigenvalue weighted by atomic mass is 15.0. The lowest BCUT2D eigenvalue weighted by Gasteiger charge is -2.10. The van der Waals surface area contributed by atoms with Gasteiger partial charge in [-0.05, 0) is 71.8 Å². The van der Waals surface area contributed by atoms with E-state index in [0.29, 0.717) is 0 Å². The van der Waals surface area contributed by atoms with Crippen molar-refractivity contribution in [3.8, 4) is 33.8 Å². The van der Waals surface area contributed by atoms with Crippen LogP contribution in [-0.4, -0.2) is 14.1 Å². The van der Waals surface area contributed by atoms with Crippen molar-refractivity contribution in [1.29, 1.82) is 0 Å². The number of hydrogen-bond donors (Lipinski definition) is 0. The Kier molecular flexibility index (Phi) is 5.50. The Bertz CT molecular complexity index is 2470. The highest BCUT2D eigenvalue weighted by Gasteiger charge is 2.16. The standard InChI is InChI=1S/C41H27N3/c1-3-11-28(12-4-1)29-19-22-32(23-20-29)43-38-17-9-8-16-34(38)36-27-30(21-26-40(36)43)37-25-24-35-33-15-7-10-18-39(33)44(41(35)42-37)31-13-5-2-6-14-31/h1-27H. The molecule has 0 bridgehead atoms. The molecule has 0 saturated heterocycles. The van der Waals surface area contributed by atoms with Gasteiger partial charge in [-0.3, -0.25) is 4.57 Å². The molecular formula is C41H27N3. The van der Waals surface area contributed by atoms with Gasteiger partial charge in [0.05, 0.1) is 22.2 Å². The van der Waals surface area contributed by atoms with Crippen molar-refractivity contribution in [2.24, 2.45) is 0 Å². The van der Waals surface area contributed by atoms with Crippen LogP contribution in [0.5, 0.6) is 0 Å². The van der Waals surface area contributed by atoms with E-state index >= 15 is 0 Å². The Balaban J connectivity index is 1.21. The SMILES string of the molecule is c1ccc(-c2ccc(-n3c4ccccc4c4cc(-c5ccc6c7ccccc7n(-c7ccccc7)c6n5)ccc43)cc2)cc1. The third-order valence-corrected chi connectivity index (χ3v) is 8.74. The summed E-state index contributed by atoms with van der Waals surface area (Å²) in [5, 5.41) is 4.82. The summed E-state index contributed by atoms with van der Waals surface area (Å²) in [4.78, 5) is 5.31. The van der Waals surface area contributed by atoms with Crippen LogP contribution in [0.4, 0.5) is 0 Å². The van der Waals surface area contributed by atoms with E-state index in [2.05, 4.69) is 173 Å². The molecule has 0 saturated carbocycles. The average molecular weight is 562 g/mol. The minimum atomic E-state index is 0.962. The van der Waals surface area contributed by atoms with Crippen LogP contribution in [0.3, 0.4) is 0 Å². The van der Waals surface area contributed by atoms with Crippen LogP contribution < -0.4 is 0 Å². The van der Waals surface area contributed by atoms with Gasteiger partial charge < -0.3 is 4.57 Å². The molecule has 0 radical (unpaired) electrons. The van der Waals surface area contributed by atoms with Crippen molar-refractivity contribution in [1.82, 2.24) is 14.1 Å². The van der Waals surface area contributed by atoms with Gasteiger partial charge in [0.15, 0.2) is 0 Å². The first-order valence-electron chi connectivity index (χ1n) is 15.0. The fourth-order valence-electron chi connectivity index (χ4n) is 6.68. The largest absolute Gasteiger partial charge is 0.309 e. The van der Waals surface area contributed by atoms with Crippen molar-refractivity contribution in [3.05, 3.63) is 164 Å². The number of hydrogen-bond acceptors (Lipinski definition) is 1. The van der Waals surface area contributed by atoms with Gasteiger partial charge in [-0.2, -0.15) is 0 Å². The molecule has 0 N–H and O–H groups in total. The normalized spacial score (nSPS) is 11.6. The van der Waals surface area contributed by atoms with Gasteiger partial charge in [0, 0.05) is 38.5 Å². The predicted octanol–water partition coefficient (Wildman–Crippen LogP) is 10.6. The maximum absolute atomic E-state index is 5.31. The second-order valence-electron chi connectivity index (χ2n) is 11.3. The predicted molar refractivity (Wildman–Crippen MR) is 184 cm³/mol. The van der Waals surface area contributed by atoms with Crippen molar-refractivity contribution in [3.63, 3.8) is 0 Å². The zero-order valence-electron chi connectivity index (χ0n) is 23.9. The van der Waals surface area contributed by atoms with Crippen LogP contribution in [0.1, 0.15) is 0 Å². The molecular weight excluding hydrogens is 534 g/mol. The minimum Gasteiger partial charge on any atom is -0.309 e. The molecule has 0 amide bonds. The third kappa shape index (κ3) is 3.80. The maximum Gasteiger partial charge on any atom is 0.146 e. The monoisotopic (exact) mass is 561 g/mol. The van der Waals surface area contributed by atoms with Crippen LogP contribution in [0.15, 0.2) is 164 Å². The first-order valence-corrected chi connectivity index (χ1v) is 15.0. The van der Waals surface area contributed by atoms with Crippen molar-refractivity contribution < 1.29 is 0 Å². The van der Waals surface area contributed by atoms with Crippen LogP contribution >= 0.6 is 0 Å². The summed E-state index contributed by atoms with van der Waals surface area (Å²) < 4.78 is 4.64. The van der Waals surface area contributed by atoms with Crippen LogP contribution in [0.25, 0.3) is 77.5 Å². The number of para-hydroxylation sites is 3. The number of nitrogens with zero attached hydrogens (tertiary/aromatic N) is 3. The highest BCUT2D eigenvalue weighted by molar-refractivity contribution is 6.11. The number of rotatable bonds is 4. The topological polar surface area (TPSA) is 22.8 Å². The lowest BCUT2D eigenvalue weighted by Crippen LogP contribution is -1.96. The molecule has 3 heterocycles. The molecule has 9 aromatic rings. The van der Waals surface area contributed by atoms with E-state index in [4.69, 9.17) is 4.98 Å². The van der Waals surface area contributed by atoms with Gasteiger partial charge in [-0.25, -0.2) is 4.98 Å². The molecule has 3 nitrogen and oxygen atoms in total. The van der Waals surface area contributed by atoms with E-state index in [-0.39, 0.29) is 0 Å². The smallest absolute Gasteiger partial charge is 0.146 e. The van der Waals surface area contributed by atoms with Gasteiger partial charge in [0.1, 0.15) is 5.65 Å². The Labute approximate surface area is 254 Å². The number of fused-ring (bicyclic) bond motifs is 6.